The van der Waals surface area contributed by atoms with Crippen LogP contribution in [0.5, 0.6) is 0 Å². The van der Waals surface area contributed by atoms with E-state index in [0.29, 0.717) is 18.7 Å². The van der Waals surface area contributed by atoms with Crippen molar-refractivity contribution in [2.45, 2.75) is 11.3 Å². The van der Waals surface area contributed by atoms with Crippen molar-refractivity contribution in [1.82, 2.24) is 9.80 Å². The van der Waals surface area contributed by atoms with Gasteiger partial charge in [-0.1, -0.05) is 0 Å². The summed E-state index contributed by atoms with van der Waals surface area (Å²) in [6.07, 6.45) is 0.502. The molecule has 1 N–H and O–H groups in total. The molecule has 0 aromatic heterocycles. The normalized spacial score (nSPS) is 16.2. The molecule has 0 atom stereocenters. The van der Waals surface area contributed by atoms with Crippen LogP contribution in [0.15, 0.2) is 29.2 Å². The Bertz CT molecular complexity index is 447. The zero-order chi connectivity index (χ0) is 15.1. The Balaban J connectivity index is 1.67. The zero-order valence-corrected chi connectivity index (χ0v) is 12.8. The number of halogens is 1. The highest BCUT2D eigenvalue weighted by Crippen LogP contribution is 2.19. The Kier molecular flexibility index (Phi) is 6.48. The second-order valence-electron chi connectivity index (χ2n) is 5.00. The van der Waals surface area contributed by atoms with Gasteiger partial charge in [-0.3, -0.25) is 9.69 Å². The summed E-state index contributed by atoms with van der Waals surface area (Å²) in [6, 6.07) is 6.34. The second kappa shape index (κ2) is 8.36. The van der Waals surface area contributed by atoms with Crippen LogP contribution in [0.3, 0.4) is 0 Å². The lowest BCUT2D eigenvalue weighted by atomic mass is 10.3. The maximum absolute atomic E-state index is 12.8. The number of nitrogens with zero attached hydrogens (tertiary/aromatic N) is 2. The molecule has 4 nitrogen and oxygen atoms in total. The number of carbonyl (C=O) groups excluding carboxylic acids is 1. The van der Waals surface area contributed by atoms with Crippen LogP contribution >= 0.6 is 11.8 Å². The van der Waals surface area contributed by atoms with Gasteiger partial charge in [-0.05, 0) is 24.3 Å². The summed E-state index contributed by atoms with van der Waals surface area (Å²) >= 11 is 1.57. The highest BCUT2D eigenvalue weighted by atomic mass is 32.2. The van der Waals surface area contributed by atoms with Crippen molar-refractivity contribution in [2.75, 3.05) is 45.1 Å². The number of hydrogen-bond acceptors (Lipinski definition) is 4. The molecule has 116 valence electrons. The summed E-state index contributed by atoms with van der Waals surface area (Å²) in [4.78, 5) is 17.1. The lowest BCUT2D eigenvalue weighted by molar-refractivity contribution is -0.132. The summed E-state index contributed by atoms with van der Waals surface area (Å²) in [6.45, 7) is 3.99. The predicted octanol–water partition coefficient (Wildman–Crippen LogP) is 1.44. The fourth-order valence-electron chi connectivity index (χ4n) is 2.31. The first-order valence-electron chi connectivity index (χ1n) is 7.18. The predicted molar refractivity (Wildman–Crippen MR) is 81.8 cm³/mol. The standard InChI is InChI=1S/C15H21FN2O2S/c16-13-1-3-14(4-2-13)21-12-5-15(20)18-8-6-17(7-9-18)10-11-19/h1-4,19H,5-12H2. The summed E-state index contributed by atoms with van der Waals surface area (Å²) in [5, 5.41) is 8.89. The number of piperazine rings is 1. The third-order valence-electron chi connectivity index (χ3n) is 3.54. The number of β-amino-alcohol motifs (C(OH)–C–C–N with tert-alkyl or cyclic N) is 1. The van der Waals surface area contributed by atoms with Crippen LogP contribution in [0.2, 0.25) is 0 Å². The molecule has 2 rings (SSSR count). The van der Waals surface area contributed by atoms with Gasteiger partial charge in [0, 0.05) is 49.8 Å². The molecule has 1 aliphatic heterocycles. The highest BCUT2D eigenvalue weighted by Gasteiger charge is 2.20. The molecule has 1 heterocycles. The zero-order valence-electron chi connectivity index (χ0n) is 12.0. The van der Waals surface area contributed by atoms with Crippen molar-refractivity contribution < 1.29 is 14.3 Å². The Hall–Kier alpha value is -1.11. The van der Waals surface area contributed by atoms with Crippen LogP contribution in [-0.2, 0) is 4.79 Å². The molecule has 0 radical (unpaired) electrons. The van der Waals surface area contributed by atoms with Gasteiger partial charge in [0.15, 0.2) is 0 Å². The fourth-order valence-corrected chi connectivity index (χ4v) is 3.15. The van der Waals surface area contributed by atoms with Crippen LogP contribution in [0.1, 0.15) is 6.42 Å². The summed E-state index contributed by atoms with van der Waals surface area (Å²) in [5.41, 5.74) is 0. The van der Waals surface area contributed by atoms with E-state index in [4.69, 9.17) is 5.11 Å². The van der Waals surface area contributed by atoms with Crippen LogP contribution in [0, 0.1) is 5.82 Å². The molecule has 1 aromatic rings. The van der Waals surface area contributed by atoms with Crippen LogP contribution in [0.4, 0.5) is 4.39 Å². The van der Waals surface area contributed by atoms with Gasteiger partial charge in [0.2, 0.25) is 5.91 Å². The topological polar surface area (TPSA) is 43.8 Å². The summed E-state index contributed by atoms with van der Waals surface area (Å²) in [5.74, 6) is 0.644. The van der Waals surface area contributed by atoms with Crippen LogP contribution in [0.25, 0.3) is 0 Å². The summed E-state index contributed by atoms with van der Waals surface area (Å²) in [7, 11) is 0. The number of carbonyl (C=O) groups is 1. The third-order valence-corrected chi connectivity index (χ3v) is 4.55. The minimum absolute atomic E-state index is 0.169. The molecule has 0 saturated carbocycles. The van der Waals surface area contributed by atoms with Gasteiger partial charge in [0.25, 0.3) is 0 Å². The quantitative estimate of drug-likeness (QED) is 0.808. The van der Waals surface area contributed by atoms with Crippen molar-refractivity contribution in [3.05, 3.63) is 30.1 Å². The van der Waals surface area contributed by atoms with E-state index in [0.717, 1.165) is 31.1 Å². The Morgan fingerprint density at radius 2 is 1.86 bits per heavy atom. The van der Waals surface area contributed by atoms with Crippen LogP contribution < -0.4 is 0 Å². The van der Waals surface area contributed by atoms with Gasteiger partial charge in [-0.25, -0.2) is 4.39 Å². The molecule has 0 unspecified atom stereocenters. The molecule has 1 amide bonds. The first-order valence-corrected chi connectivity index (χ1v) is 8.17. The summed E-state index contributed by atoms with van der Waals surface area (Å²) < 4.78 is 12.8. The fraction of sp³-hybridized carbons (Fsp3) is 0.533. The average Bonchev–Trinajstić information content (AvgIpc) is 2.50. The highest BCUT2D eigenvalue weighted by molar-refractivity contribution is 7.99. The minimum Gasteiger partial charge on any atom is -0.395 e. The van der Waals surface area contributed by atoms with Gasteiger partial charge < -0.3 is 10.0 Å². The second-order valence-corrected chi connectivity index (χ2v) is 6.17. The van der Waals surface area contributed by atoms with E-state index in [2.05, 4.69) is 4.90 Å². The number of benzene rings is 1. The third kappa shape index (κ3) is 5.30. The number of aliphatic hydroxyl groups excluding tert-OH is 1. The van der Waals surface area contributed by atoms with Crippen molar-refractivity contribution in [3.63, 3.8) is 0 Å². The van der Waals surface area contributed by atoms with Crippen molar-refractivity contribution in [1.29, 1.82) is 0 Å². The van der Waals surface area contributed by atoms with E-state index >= 15 is 0 Å². The first-order chi connectivity index (χ1) is 10.2. The van der Waals surface area contributed by atoms with Crippen molar-refractivity contribution in [2.24, 2.45) is 0 Å². The first kappa shape index (κ1) is 16.3. The number of hydrogen-bond donors (Lipinski definition) is 1. The maximum Gasteiger partial charge on any atom is 0.223 e. The maximum atomic E-state index is 12.8. The van der Waals surface area contributed by atoms with E-state index in [9.17, 15) is 9.18 Å². The Morgan fingerprint density at radius 3 is 2.48 bits per heavy atom. The van der Waals surface area contributed by atoms with E-state index < -0.39 is 0 Å². The number of rotatable bonds is 6. The van der Waals surface area contributed by atoms with Crippen molar-refractivity contribution >= 4 is 17.7 Å². The van der Waals surface area contributed by atoms with E-state index in [-0.39, 0.29) is 18.3 Å². The monoisotopic (exact) mass is 312 g/mol. The lowest BCUT2D eigenvalue weighted by Gasteiger charge is -2.34. The molecule has 1 fully saturated rings. The van der Waals surface area contributed by atoms with Crippen molar-refractivity contribution in [3.8, 4) is 0 Å². The van der Waals surface area contributed by atoms with E-state index in [1.54, 1.807) is 23.9 Å². The molecule has 0 spiro atoms. The van der Waals surface area contributed by atoms with E-state index in [1.807, 2.05) is 4.90 Å². The molecule has 0 bridgehead atoms. The molecule has 1 aliphatic rings. The largest absolute Gasteiger partial charge is 0.395 e. The van der Waals surface area contributed by atoms with Gasteiger partial charge in [-0.2, -0.15) is 0 Å². The minimum atomic E-state index is -0.240. The smallest absolute Gasteiger partial charge is 0.223 e. The van der Waals surface area contributed by atoms with Gasteiger partial charge >= 0.3 is 0 Å². The van der Waals surface area contributed by atoms with E-state index in [1.165, 1.54) is 12.1 Å². The molecule has 0 aliphatic carbocycles. The lowest BCUT2D eigenvalue weighted by Crippen LogP contribution is -2.49. The number of amides is 1. The average molecular weight is 312 g/mol. The van der Waals surface area contributed by atoms with Gasteiger partial charge in [-0.15, -0.1) is 11.8 Å². The Morgan fingerprint density at radius 1 is 1.19 bits per heavy atom. The molecular formula is C15H21FN2O2S. The van der Waals surface area contributed by atoms with Gasteiger partial charge in [0.05, 0.1) is 6.61 Å². The number of aliphatic hydroxyl groups is 1. The van der Waals surface area contributed by atoms with Gasteiger partial charge in [0.1, 0.15) is 5.82 Å². The molecule has 21 heavy (non-hydrogen) atoms. The Labute approximate surface area is 128 Å². The molecule has 1 saturated heterocycles. The molecule has 1 aromatic carbocycles. The SMILES string of the molecule is O=C(CCSc1ccc(F)cc1)N1CCN(CCO)CC1. The number of thioether (sulfide) groups is 1. The molecular weight excluding hydrogens is 291 g/mol. The molecule has 6 heteroatoms. The van der Waals surface area contributed by atoms with Crippen LogP contribution in [-0.4, -0.2) is 65.9 Å².